The first-order chi connectivity index (χ1) is 13.2. The number of hydrogen-bond acceptors (Lipinski definition) is 5. The summed E-state index contributed by atoms with van der Waals surface area (Å²) in [7, 11) is 1.75. The van der Waals surface area contributed by atoms with Crippen LogP contribution >= 0.6 is 34.9 Å². The highest BCUT2D eigenvalue weighted by molar-refractivity contribution is 8.18. The number of aromatic hydroxyl groups is 1. The molecule has 27 heavy (non-hydrogen) atoms. The van der Waals surface area contributed by atoms with Gasteiger partial charge in [-0.05, 0) is 76.4 Å². The number of benzene rings is 2. The van der Waals surface area contributed by atoms with Gasteiger partial charge in [-0.15, -0.1) is 34.9 Å². The molecular formula is C22H22O2S3. The highest BCUT2D eigenvalue weighted by Gasteiger charge is 2.36. The van der Waals surface area contributed by atoms with Gasteiger partial charge in [-0.1, -0.05) is 18.2 Å². The van der Waals surface area contributed by atoms with E-state index in [9.17, 15) is 5.11 Å². The summed E-state index contributed by atoms with van der Waals surface area (Å²) in [6.45, 7) is 0. The van der Waals surface area contributed by atoms with Crippen LogP contribution in [0.5, 0.6) is 11.5 Å². The Bertz CT molecular complexity index is 882. The highest BCUT2D eigenvalue weighted by atomic mass is 32.2. The predicted molar refractivity (Wildman–Crippen MR) is 119 cm³/mol. The van der Waals surface area contributed by atoms with Crippen molar-refractivity contribution in [3.05, 3.63) is 71.1 Å². The number of methoxy groups -OCH3 is 1. The van der Waals surface area contributed by atoms with E-state index >= 15 is 0 Å². The van der Waals surface area contributed by atoms with Gasteiger partial charge in [0.2, 0.25) is 0 Å². The number of ether oxygens (including phenoxy) is 1. The summed E-state index contributed by atoms with van der Waals surface area (Å²) < 4.78 is 5.66. The lowest BCUT2D eigenvalue weighted by atomic mass is 9.99. The van der Waals surface area contributed by atoms with Gasteiger partial charge in [0.25, 0.3) is 0 Å². The second-order valence-electron chi connectivity index (χ2n) is 6.53. The fraction of sp³-hybridized carbons (Fsp3) is 0.273. The van der Waals surface area contributed by atoms with Gasteiger partial charge in [0.15, 0.2) is 0 Å². The number of phenolic OH excluding ortho intramolecular Hbond substituents is 1. The molecule has 0 bridgehead atoms. The van der Waals surface area contributed by atoms with Crippen LogP contribution < -0.4 is 4.74 Å². The lowest BCUT2D eigenvalue weighted by Gasteiger charge is -2.37. The largest absolute Gasteiger partial charge is 0.508 e. The summed E-state index contributed by atoms with van der Waals surface area (Å²) in [5.74, 6) is 3.57. The Balaban J connectivity index is 1.74. The number of thiophene rings is 1. The van der Waals surface area contributed by atoms with E-state index < -0.39 is 0 Å². The molecule has 5 heteroatoms. The SMILES string of the molecule is COc1ccc(-c2cccs2)cc1CC1(c2ccc(O)cc2)SCCCS1. The van der Waals surface area contributed by atoms with Crippen molar-refractivity contribution >= 4 is 34.9 Å². The van der Waals surface area contributed by atoms with Crippen molar-refractivity contribution in [3.8, 4) is 21.9 Å². The fourth-order valence-electron chi connectivity index (χ4n) is 3.42. The molecule has 1 fully saturated rings. The summed E-state index contributed by atoms with van der Waals surface area (Å²) in [6, 6.07) is 18.5. The lowest BCUT2D eigenvalue weighted by Crippen LogP contribution is -2.25. The molecule has 0 aliphatic carbocycles. The van der Waals surface area contributed by atoms with Crippen LogP contribution in [-0.2, 0) is 10.5 Å². The van der Waals surface area contributed by atoms with Gasteiger partial charge in [-0.25, -0.2) is 0 Å². The van der Waals surface area contributed by atoms with Crippen LogP contribution in [-0.4, -0.2) is 23.7 Å². The Kier molecular flexibility index (Phi) is 5.71. The minimum absolute atomic E-state index is 0.0483. The van der Waals surface area contributed by atoms with Crippen LogP contribution in [0.2, 0.25) is 0 Å². The molecule has 0 atom stereocenters. The molecule has 1 aromatic heterocycles. The molecular weight excluding hydrogens is 392 g/mol. The minimum Gasteiger partial charge on any atom is -0.508 e. The van der Waals surface area contributed by atoms with E-state index in [4.69, 9.17) is 4.74 Å². The van der Waals surface area contributed by atoms with E-state index in [0.717, 1.165) is 23.7 Å². The first-order valence-electron chi connectivity index (χ1n) is 8.98. The van der Waals surface area contributed by atoms with Crippen LogP contribution in [0.1, 0.15) is 17.5 Å². The summed E-state index contributed by atoms with van der Waals surface area (Å²) in [6.07, 6.45) is 2.14. The van der Waals surface area contributed by atoms with Crippen LogP contribution in [0.25, 0.3) is 10.4 Å². The van der Waals surface area contributed by atoms with Crippen molar-refractivity contribution in [1.29, 1.82) is 0 Å². The van der Waals surface area contributed by atoms with Crippen molar-refractivity contribution in [3.63, 3.8) is 0 Å². The monoisotopic (exact) mass is 414 g/mol. The van der Waals surface area contributed by atoms with E-state index in [1.54, 1.807) is 30.6 Å². The van der Waals surface area contributed by atoms with Crippen molar-refractivity contribution in [2.75, 3.05) is 18.6 Å². The summed E-state index contributed by atoms with van der Waals surface area (Å²) in [4.78, 5) is 1.28. The molecule has 3 aromatic rings. The third kappa shape index (κ3) is 4.00. The second-order valence-corrected chi connectivity index (χ2v) is 10.5. The first-order valence-corrected chi connectivity index (χ1v) is 11.8. The number of thioether (sulfide) groups is 2. The number of hydrogen-bond donors (Lipinski definition) is 1. The third-order valence-electron chi connectivity index (χ3n) is 4.78. The maximum Gasteiger partial charge on any atom is 0.122 e. The first kappa shape index (κ1) is 18.8. The van der Waals surface area contributed by atoms with Gasteiger partial charge in [0.1, 0.15) is 11.5 Å². The minimum atomic E-state index is -0.0483. The van der Waals surface area contributed by atoms with Gasteiger partial charge in [0.05, 0.1) is 11.2 Å². The van der Waals surface area contributed by atoms with Gasteiger partial charge >= 0.3 is 0 Å². The zero-order chi connectivity index (χ0) is 18.7. The molecule has 0 saturated carbocycles. The molecule has 0 radical (unpaired) electrons. The Labute approximate surface area is 173 Å². The van der Waals surface area contributed by atoms with Crippen molar-refractivity contribution < 1.29 is 9.84 Å². The Morgan fingerprint density at radius 2 is 1.81 bits per heavy atom. The maximum absolute atomic E-state index is 9.72. The highest BCUT2D eigenvalue weighted by Crippen LogP contribution is 2.53. The van der Waals surface area contributed by atoms with Gasteiger partial charge in [-0.3, -0.25) is 0 Å². The van der Waals surface area contributed by atoms with E-state index in [1.807, 2.05) is 23.5 Å². The van der Waals surface area contributed by atoms with Gasteiger partial charge < -0.3 is 9.84 Å². The van der Waals surface area contributed by atoms with Crippen LogP contribution in [0.3, 0.4) is 0 Å². The molecule has 4 rings (SSSR count). The van der Waals surface area contributed by atoms with Crippen LogP contribution in [0, 0.1) is 0 Å². The van der Waals surface area contributed by atoms with Crippen LogP contribution in [0.4, 0.5) is 0 Å². The summed E-state index contributed by atoms with van der Waals surface area (Å²) >= 11 is 5.79. The molecule has 0 amide bonds. The average molecular weight is 415 g/mol. The molecule has 1 N–H and O–H groups in total. The standard InChI is InChI=1S/C22H22O2S3/c1-24-20-10-5-16(21-4-2-11-25-21)14-17(20)15-22(26-12-3-13-27-22)18-6-8-19(23)9-7-18/h2,4-11,14,23H,3,12-13,15H2,1H3. The zero-order valence-electron chi connectivity index (χ0n) is 15.2. The van der Waals surface area contributed by atoms with E-state index in [-0.39, 0.29) is 4.08 Å². The van der Waals surface area contributed by atoms with E-state index in [1.165, 1.54) is 28.0 Å². The quantitative estimate of drug-likeness (QED) is 0.523. The lowest BCUT2D eigenvalue weighted by molar-refractivity contribution is 0.409. The van der Waals surface area contributed by atoms with Crippen molar-refractivity contribution in [2.24, 2.45) is 0 Å². The molecule has 1 aliphatic rings. The molecule has 2 heterocycles. The Morgan fingerprint density at radius 3 is 2.48 bits per heavy atom. The van der Waals surface area contributed by atoms with E-state index in [2.05, 4.69) is 47.8 Å². The third-order valence-corrected chi connectivity index (χ3v) is 9.08. The maximum atomic E-state index is 9.72. The van der Waals surface area contributed by atoms with Crippen molar-refractivity contribution in [2.45, 2.75) is 16.9 Å². The smallest absolute Gasteiger partial charge is 0.122 e. The van der Waals surface area contributed by atoms with Gasteiger partial charge in [-0.2, -0.15) is 0 Å². The molecule has 2 aromatic carbocycles. The number of rotatable bonds is 5. The zero-order valence-corrected chi connectivity index (χ0v) is 17.6. The summed E-state index contributed by atoms with van der Waals surface area (Å²) in [5.41, 5.74) is 3.74. The average Bonchev–Trinajstić information content (AvgIpc) is 3.24. The normalized spacial score (nSPS) is 16.2. The second kappa shape index (κ2) is 8.21. The molecule has 0 spiro atoms. The topological polar surface area (TPSA) is 29.5 Å². The van der Waals surface area contributed by atoms with Crippen LogP contribution in [0.15, 0.2) is 60.0 Å². The fourth-order valence-corrected chi connectivity index (χ4v) is 7.52. The van der Waals surface area contributed by atoms with E-state index in [0.29, 0.717) is 5.75 Å². The molecule has 2 nitrogen and oxygen atoms in total. The summed E-state index contributed by atoms with van der Waals surface area (Å²) in [5, 5.41) is 11.8. The molecule has 1 saturated heterocycles. The molecule has 140 valence electrons. The molecule has 0 unspecified atom stereocenters. The van der Waals surface area contributed by atoms with Gasteiger partial charge in [0, 0.05) is 11.3 Å². The Hall–Kier alpha value is -1.56. The number of phenols is 1. The Morgan fingerprint density at radius 1 is 1.04 bits per heavy atom. The predicted octanol–water partition coefficient (Wildman–Crippen LogP) is 6.39. The van der Waals surface area contributed by atoms with Crippen molar-refractivity contribution in [1.82, 2.24) is 0 Å². The molecule has 1 aliphatic heterocycles.